The standard InChI is InChI=1S/C12H14F2N4/c13-12(14)6-11(16-17-15)8-18(9-12)7-10-4-2-1-3-5-10/h1-5,11H,6-9H2. The predicted molar refractivity (Wildman–Crippen MR) is 64.2 cm³/mol. The van der Waals surface area contributed by atoms with Gasteiger partial charge >= 0.3 is 0 Å². The fourth-order valence-corrected chi connectivity index (χ4v) is 2.28. The van der Waals surface area contributed by atoms with Crippen LogP contribution in [0.15, 0.2) is 35.4 Å². The van der Waals surface area contributed by atoms with Gasteiger partial charge in [-0.1, -0.05) is 35.4 Å². The summed E-state index contributed by atoms with van der Waals surface area (Å²) in [6.07, 6.45) is -0.359. The van der Waals surface area contributed by atoms with Gasteiger partial charge in [-0.2, -0.15) is 0 Å². The fraction of sp³-hybridized carbons (Fsp3) is 0.500. The van der Waals surface area contributed by atoms with Crippen LogP contribution in [0.25, 0.3) is 10.4 Å². The maximum Gasteiger partial charge on any atom is 0.261 e. The summed E-state index contributed by atoms with van der Waals surface area (Å²) < 4.78 is 27.0. The summed E-state index contributed by atoms with van der Waals surface area (Å²) in [4.78, 5) is 4.27. The third-order valence-electron chi connectivity index (χ3n) is 2.92. The number of nitrogens with zero attached hydrogens (tertiary/aromatic N) is 4. The average molecular weight is 252 g/mol. The highest BCUT2D eigenvalue weighted by Gasteiger charge is 2.39. The third kappa shape index (κ3) is 3.42. The van der Waals surface area contributed by atoms with Crippen LogP contribution in [0.3, 0.4) is 0 Å². The highest BCUT2D eigenvalue weighted by atomic mass is 19.3. The zero-order valence-electron chi connectivity index (χ0n) is 9.84. The number of halogens is 2. The molecule has 1 heterocycles. The van der Waals surface area contributed by atoms with E-state index in [9.17, 15) is 8.78 Å². The largest absolute Gasteiger partial charge is 0.293 e. The minimum Gasteiger partial charge on any atom is -0.293 e. The van der Waals surface area contributed by atoms with Gasteiger partial charge < -0.3 is 0 Å². The van der Waals surface area contributed by atoms with Crippen LogP contribution in [0, 0.1) is 0 Å². The topological polar surface area (TPSA) is 52.0 Å². The monoisotopic (exact) mass is 252 g/mol. The van der Waals surface area contributed by atoms with Gasteiger partial charge in [0.05, 0.1) is 12.6 Å². The van der Waals surface area contributed by atoms with Crippen LogP contribution in [-0.4, -0.2) is 30.0 Å². The lowest BCUT2D eigenvalue weighted by molar-refractivity contribution is -0.0725. The van der Waals surface area contributed by atoms with Crippen molar-refractivity contribution in [3.63, 3.8) is 0 Å². The molecule has 1 aliphatic heterocycles. The molecule has 1 unspecified atom stereocenters. The Kier molecular flexibility index (Phi) is 3.79. The molecule has 2 rings (SSSR count). The first-order valence-electron chi connectivity index (χ1n) is 5.77. The molecular formula is C12H14F2N4. The van der Waals surface area contributed by atoms with Crippen molar-refractivity contribution in [2.75, 3.05) is 13.1 Å². The molecule has 0 spiro atoms. The third-order valence-corrected chi connectivity index (χ3v) is 2.92. The van der Waals surface area contributed by atoms with Gasteiger partial charge in [-0.05, 0) is 11.1 Å². The molecule has 0 bridgehead atoms. The molecule has 1 fully saturated rings. The van der Waals surface area contributed by atoms with Gasteiger partial charge in [0.25, 0.3) is 5.92 Å². The van der Waals surface area contributed by atoms with Crippen LogP contribution in [0.1, 0.15) is 12.0 Å². The Labute approximate surface area is 104 Å². The maximum atomic E-state index is 13.5. The highest BCUT2D eigenvalue weighted by Crippen LogP contribution is 2.29. The number of piperidine rings is 1. The van der Waals surface area contributed by atoms with Crippen LogP contribution < -0.4 is 0 Å². The van der Waals surface area contributed by atoms with Gasteiger partial charge in [-0.25, -0.2) is 8.78 Å². The summed E-state index contributed by atoms with van der Waals surface area (Å²) in [5, 5.41) is 3.43. The minimum absolute atomic E-state index is 0.278. The molecule has 0 saturated carbocycles. The van der Waals surface area contributed by atoms with Crippen molar-refractivity contribution in [2.45, 2.75) is 24.9 Å². The molecule has 1 saturated heterocycles. The Balaban J connectivity index is 2.06. The molecule has 0 radical (unpaired) electrons. The first-order valence-corrected chi connectivity index (χ1v) is 5.77. The zero-order valence-corrected chi connectivity index (χ0v) is 9.84. The number of azide groups is 1. The van der Waals surface area contributed by atoms with E-state index in [1.807, 2.05) is 30.3 Å². The van der Waals surface area contributed by atoms with E-state index < -0.39 is 12.0 Å². The van der Waals surface area contributed by atoms with Crippen LogP contribution >= 0.6 is 0 Å². The van der Waals surface area contributed by atoms with E-state index in [1.54, 1.807) is 4.90 Å². The van der Waals surface area contributed by atoms with E-state index in [-0.39, 0.29) is 13.0 Å². The number of hydrogen-bond acceptors (Lipinski definition) is 2. The van der Waals surface area contributed by atoms with Crippen molar-refractivity contribution in [3.8, 4) is 0 Å². The molecule has 1 atom stereocenters. The van der Waals surface area contributed by atoms with Gasteiger partial charge in [0, 0.05) is 24.4 Å². The Morgan fingerprint density at radius 1 is 1.39 bits per heavy atom. The fourth-order valence-electron chi connectivity index (χ4n) is 2.28. The normalized spacial score (nSPS) is 23.3. The average Bonchev–Trinajstić information content (AvgIpc) is 2.28. The van der Waals surface area contributed by atoms with Crippen molar-refractivity contribution in [3.05, 3.63) is 46.3 Å². The lowest BCUT2D eigenvalue weighted by Gasteiger charge is -2.35. The van der Waals surface area contributed by atoms with E-state index in [4.69, 9.17) is 5.53 Å². The van der Waals surface area contributed by atoms with Gasteiger partial charge in [-0.15, -0.1) is 0 Å². The molecule has 1 aromatic carbocycles. The first kappa shape index (κ1) is 12.8. The summed E-state index contributed by atoms with van der Waals surface area (Å²) in [7, 11) is 0. The Morgan fingerprint density at radius 3 is 2.78 bits per heavy atom. The number of benzene rings is 1. The van der Waals surface area contributed by atoms with E-state index >= 15 is 0 Å². The molecule has 18 heavy (non-hydrogen) atoms. The van der Waals surface area contributed by atoms with Crippen molar-refractivity contribution in [2.24, 2.45) is 5.11 Å². The summed E-state index contributed by atoms with van der Waals surface area (Å²) in [6, 6.07) is 8.79. The second-order valence-electron chi connectivity index (χ2n) is 4.57. The van der Waals surface area contributed by atoms with E-state index in [0.717, 1.165) is 5.56 Å². The molecule has 1 aromatic rings. The molecule has 96 valence electrons. The maximum absolute atomic E-state index is 13.5. The van der Waals surface area contributed by atoms with E-state index in [1.165, 1.54) is 0 Å². The smallest absolute Gasteiger partial charge is 0.261 e. The van der Waals surface area contributed by atoms with Crippen LogP contribution in [0.2, 0.25) is 0 Å². The minimum atomic E-state index is -2.79. The predicted octanol–water partition coefficient (Wildman–Crippen LogP) is 3.21. The van der Waals surface area contributed by atoms with Crippen molar-refractivity contribution >= 4 is 0 Å². The van der Waals surface area contributed by atoms with Crippen molar-refractivity contribution in [1.82, 2.24) is 4.90 Å². The Bertz CT molecular complexity index is 443. The molecule has 4 nitrogen and oxygen atoms in total. The molecule has 0 N–H and O–H groups in total. The second kappa shape index (κ2) is 5.33. The lowest BCUT2D eigenvalue weighted by atomic mass is 10.0. The lowest BCUT2D eigenvalue weighted by Crippen LogP contribution is -2.48. The van der Waals surface area contributed by atoms with Gasteiger partial charge in [-0.3, -0.25) is 4.90 Å². The van der Waals surface area contributed by atoms with E-state index in [2.05, 4.69) is 10.0 Å². The summed E-state index contributed by atoms with van der Waals surface area (Å²) in [6.45, 7) is 0.557. The summed E-state index contributed by atoms with van der Waals surface area (Å²) in [5.74, 6) is -2.79. The zero-order chi connectivity index (χ0) is 13.0. The number of rotatable bonds is 3. The van der Waals surface area contributed by atoms with Crippen LogP contribution in [0.4, 0.5) is 8.78 Å². The molecule has 6 heteroatoms. The highest BCUT2D eigenvalue weighted by molar-refractivity contribution is 5.14. The van der Waals surface area contributed by atoms with Crippen molar-refractivity contribution < 1.29 is 8.78 Å². The molecule has 1 aliphatic rings. The summed E-state index contributed by atoms with van der Waals surface area (Å²) >= 11 is 0. The number of alkyl halides is 2. The van der Waals surface area contributed by atoms with Gasteiger partial charge in [0.2, 0.25) is 0 Å². The first-order chi connectivity index (χ1) is 8.59. The van der Waals surface area contributed by atoms with Crippen LogP contribution in [-0.2, 0) is 6.54 Å². The second-order valence-corrected chi connectivity index (χ2v) is 4.57. The number of hydrogen-bond donors (Lipinski definition) is 0. The molecule has 0 aromatic heterocycles. The summed E-state index contributed by atoms with van der Waals surface area (Å²) in [5.41, 5.74) is 9.34. The van der Waals surface area contributed by atoms with Crippen molar-refractivity contribution in [1.29, 1.82) is 0 Å². The van der Waals surface area contributed by atoms with Gasteiger partial charge in [0.1, 0.15) is 0 Å². The number of likely N-dealkylation sites (tertiary alicyclic amines) is 1. The molecular weight excluding hydrogens is 238 g/mol. The quantitative estimate of drug-likeness (QED) is 0.463. The Hall–Kier alpha value is -1.65. The molecule has 0 amide bonds. The van der Waals surface area contributed by atoms with Crippen LogP contribution in [0.5, 0.6) is 0 Å². The van der Waals surface area contributed by atoms with E-state index in [0.29, 0.717) is 13.1 Å². The molecule has 0 aliphatic carbocycles. The Morgan fingerprint density at radius 2 is 2.11 bits per heavy atom. The SMILES string of the molecule is [N-]=[N+]=NC1CN(Cc2ccccc2)CC(F)(F)C1. The van der Waals surface area contributed by atoms with Gasteiger partial charge in [0.15, 0.2) is 0 Å².